The molecular weight excluding hydrogens is 216 g/mol. The first-order valence-corrected chi connectivity index (χ1v) is 5.66. The Morgan fingerprint density at radius 1 is 1.41 bits per heavy atom. The van der Waals surface area contributed by atoms with Gasteiger partial charge < -0.3 is 0 Å². The quantitative estimate of drug-likeness (QED) is 0.748. The number of rotatable bonds is 3. The highest BCUT2D eigenvalue weighted by molar-refractivity contribution is 5.48. The Bertz CT molecular complexity index is 636. The van der Waals surface area contributed by atoms with E-state index in [0.29, 0.717) is 18.6 Å². The van der Waals surface area contributed by atoms with Gasteiger partial charge in [-0.3, -0.25) is 0 Å². The molecule has 2 heterocycles. The van der Waals surface area contributed by atoms with Crippen molar-refractivity contribution >= 4 is 5.65 Å². The molecule has 0 bridgehead atoms. The number of nitrogens with zero attached hydrogens (tertiary/aromatic N) is 4. The molecule has 0 fully saturated rings. The predicted molar refractivity (Wildman–Crippen MR) is 66.3 cm³/mol. The van der Waals surface area contributed by atoms with Crippen LogP contribution in [0.15, 0.2) is 17.4 Å². The van der Waals surface area contributed by atoms with Crippen LogP contribution in [0.1, 0.15) is 24.0 Å². The van der Waals surface area contributed by atoms with Crippen LogP contribution in [0.2, 0.25) is 0 Å². The van der Waals surface area contributed by atoms with Gasteiger partial charge in [0.25, 0.3) is 0 Å². The molecule has 90 valence electrons. The van der Waals surface area contributed by atoms with Crippen molar-refractivity contribution in [2.75, 3.05) is 0 Å². The Labute approximate surface area is 99.4 Å². The van der Waals surface area contributed by atoms with Crippen LogP contribution in [0.3, 0.4) is 0 Å². The Morgan fingerprint density at radius 3 is 2.71 bits per heavy atom. The lowest BCUT2D eigenvalue weighted by Gasteiger charge is -2.04. The summed E-state index contributed by atoms with van der Waals surface area (Å²) in [6.45, 7) is 9.89. The van der Waals surface area contributed by atoms with E-state index in [1.807, 2.05) is 20.8 Å². The smallest absolute Gasteiger partial charge is 0.245 e. The molecule has 0 radical (unpaired) electrons. The van der Waals surface area contributed by atoms with Gasteiger partial charge in [0.15, 0.2) is 5.65 Å². The highest BCUT2D eigenvalue weighted by Crippen LogP contribution is 2.11. The summed E-state index contributed by atoms with van der Waals surface area (Å²) in [6, 6.07) is 0. The summed E-state index contributed by atoms with van der Waals surface area (Å²) in [4.78, 5) is 16.6. The minimum atomic E-state index is -0.146. The average Bonchev–Trinajstić information content (AvgIpc) is 2.63. The van der Waals surface area contributed by atoms with Crippen molar-refractivity contribution in [2.45, 2.75) is 33.7 Å². The maximum atomic E-state index is 12.1. The second-order valence-corrected chi connectivity index (χ2v) is 4.00. The standard InChI is InChI=1S/C12H16N4O/c1-5-7-15-12(17)16-10(6-2)13-9(4)8(3)11(16)14-15/h5H,1,6-7H2,2-4H3. The molecule has 0 saturated carbocycles. The number of fused-ring (bicyclic) bond motifs is 1. The molecule has 5 nitrogen and oxygen atoms in total. The molecule has 0 unspecified atom stereocenters. The molecular formula is C12H16N4O. The van der Waals surface area contributed by atoms with E-state index in [0.717, 1.165) is 17.1 Å². The molecule has 0 spiro atoms. The van der Waals surface area contributed by atoms with Gasteiger partial charge in [0.1, 0.15) is 5.82 Å². The Morgan fingerprint density at radius 2 is 2.12 bits per heavy atom. The van der Waals surface area contributed by atoms with Crippen LogP contribution in [0.5, 0.6) is 0 Å². The third kappa shape index (κ3) is 1.67. The van der Waals surface area contributed by atoms with Crippen molar-refractivity contribution in [3.8, 4) is 0 Å². The minimum Gasteiger partial charge on any atom is -0.245 e. The van der Waals surface area contributed by atoms with Crippen molar-refractivity contribution in [2.24, 2.45) is 0 Å². The van der Waals surface area contributed by atoms with Crippen LogP contribution < -0.4 is 5.69 Å². The molecule has 0 aromatic carbocycles. The number of aryl methyl sites for hydroxylation is 3. The fourth-order valence-corrected chi connectivity index (χ4v) is 1.85. The summed E-state index contributed by atoms with van der Waals surface area (Å²) in [6.07, 6.45) is 2.37. The van der Waals surface area contributed by atoms with Gasteiger partial charge in [0.2, 0.25) is 0 Å². The fourth-order valence-electron chi connectivity index (χ4n) is 1.85. The van der Waals surface area contributed by atoms with Crippen LogP contribution in [0, 0.1) is 13.8 Å². The van der Waals surface area contributed by atoms with E-state index in [9.17, 15) is 4.79 Å². The first kappa shape index (κ1) is 11.6. The van der Waals surface area contributed by atoms with E-state index in [2.05, 4.69) is 16.7 Å². The maximum absolute atomic E-state index is 12.1. The molecule has 2 rings (SSSR count). The molecule has 0 atom stereocenters. The molecule has 5 heteroatoms. The zero-order valence-corrected chi connectivity index (χ0v) is 10.4. The van der Waals surface area contributed by atoms with Crippen molar-refractivity contribution < 1.29 is 0 Å². The van der Waals surface area contributed by atoms with E-state index in [-0.39, 0.29) is 5.69 Å². The summed E-state index contributed by atoms with van der Waals surface area (Å²) in [5.41, 5.74) is 2.42. The first-order valence-electron chi connectivity index (χ1n) is 5.66. The van der Waals surface area contributed by atoms with Crippen molar-refractivity contribution in [3.05, 3.63) is 40.2 Å². The van der Waals surface area contributed by atoms with Gasteiger partial charge in [-0.25, -0.2) is 18.9 Å². The predicted octanol–water partition coefficient (Wildman–Crippen LogP) is 1.26. The fraction of sp³-hybridized carbons (Fsp3) is 0.417. The van der Waals surface area contributed by atoms with E-state index < -0.39 is 0 Å². The monoisotopic (exact) mass is 232 g/mol. The van der Waals surface area contributed by atoms with E-state index in [1.165, 1.54) is 4.68 Å². The molecule has 0 aliphatic carbocycles. The second-order valence-electron chi connectivity index (χ2n) is 4.00. The third-order valence-corrected chi connectivity index (χ3v) is 2.89. The van der Waals surface area contributed by atoms with Crippen LogP contribution in [-0.2, 0) is 13.0 Å². The number of hydrogen-bond acceptors (Lipinski definition) is 3. The summed E-state index contributed by atoms with van der Waals surface area (Å²) in [5.74, 6) is 0.753. The van der Waals surface area contributed by atoms with Gasteiger partial charge >= 0.3 is 5.69 Å². The van der Waals surface area contributed by atoms with Gasteiger partial charge in [-0.05, 0) is 13.8 Å². The summed E-state index contributed by atoms with van der Waals surface area (Å²) < 4.78 is 3.00. The van der Waals surface area contributed by atoms with E-state index in [4.69, 9.17) is 0 Å². The summed E-state index contributed by atoms with van der Waals surface area (Å²) in [7, 11) is 0. The molecule has 2 aromatic rings. The van der Waals surface area contributed by atoms with Crippen molar-refractivity contribution in [1.29, 1.82) is 0 Å². The Balaban J connectivity index is 2.89. The van der Waals surface area contributed by atoms with Crippen molar-refractivity contribution in [3.63, 3.8) is 0 Å². The average molecular weight is 232 g/mol. The maximum Gasteiger partial charge on any atom is 0.352 e. The number of aromatic nitrogens is 4. The summed E-state index contributed by atoms with van der Waals surface area (Å²) in [5, 5.41) is 4.33. The highest BCUT2D eigenvalue weighted by Gasteiger charge is 2.14. The number of allylic oxidation sites excluding steroid dienone is 1. The van der Waals surface area contributed by atoms with Crippen LogP contribution in [0.4, 0.5) is 0 Å². The lowest BCUT2D eigenvalue weighted by Crippen LogP contribution is -2.23. The Kier molecular flexibility index (Phi) is 2.83. The molecule has 0 amide bonds. The van der Waals surface area contributed by atoms with Gasteiger partial charge in [-0.15, -0.1) is 11.7 Å². The van der Waals surface area contributed by atoms with Gasteiger partial charge in [-0.2, -0.15) is 0 Å². The molecule has 0 aliphatic heterocycles. The molecule has 2 aromatic heterocycles. The van der Waals surface area contributed by atoms with Crippen molar-refractivity contribution in [1.82, 2.24) is 19.2 Å². The second kappa shape index (κ2) is 4.16. The normalized spacial score (nSPS) is 11.0. The van der Waals surface area contributed by atoms with Gasteiger partial charge in [0, 0.05) is 17.7 Å². The molecule has 0 aliphatic rings. The summed E-state index contributed by atoms with van der Waals surface area (Å²) >= 11 is 0. The van der Waals surface area contributed by atoms with Gasteiger partial charge in [-0.1, -0.05) is 13.0 Å². The largest absolute Gasteiger partial charge is 0.352 e. The third-order valence-electron chi connectivity index (χ3n) is 2.89. The number of hydrogen-bond donors (Lipinski definition) is 0. The minimum absolute atomic E-state index is 0.146. The first-order chi connectivity index (χ1) is 8.10. The van der Waals surface area contributed by atoms with E-state index in [1.54, 1.807) is 10.5 Å². The van der Waals surface area contributed by atoms with Crippen LogP contribution in [-0.4, -0.2) is 19.2 Å². The lowest BCUT2D eigenvalue weighted by molar-refractivity contribution is 0.668. The molecule has 17 heavy (non-hydrogen) atoms. The lowest BCUT2D eigenvalue weighted by atomic mass is 10.2. The van der Waals surface area contributed by atoms with E-state index >= 15 is 0 Å². The molecule has 0 saturated heterocycles. The molecule has 0 N–H and O–H groups in total. The zero-order valence-electron chi connectivity index (χ0n) is 10.4. The zero-order chi connectivity index (χ0) is 12.6. The SMILES string of the molecule is C=CCn1nc2c(C)c(C)nc(CC)n2c1=O. The van der Waals surface area contributed by atoms with Crippen LogP contribution >= 0.6 is 0 Å². The highest BCUT2D eigenvalue weighted by atomic mass is 16.2. The Hall–Kier alpha value is -1.91. The van der Waals surface area contributed by atoms with Gasteiger partial charge in [0.05, 0.1) is 6.54 Å². The topological polar surface area (TPSA) is 52.2 Å². The van der Waals surface area contributed by atoms with Crippen LogP contribution in [0.25, 0.3) is 5.65 Å².